The smallest absolute Gasteiger partial charge is 0.364 e. The van der Waals surface area contributed by atoms with Crippen LogP contribution in [-0.4, -0.2) is 54.8 Å². The lowest BCUT2D eigenvalue weighted by atomic mass is 10.4. The Kier molecular flexibility index (Phi) is 4.53. The van der Waals surface area contributed by atoms with Crippen molar-refractivity contribution in [1.29, 1.82) is 0 Å². The normalized spacial score (nSPS) is 22.7. The Morgan fingerprint density at radius 1 is 1.39 bits per heavy atom. The van der Waals surface area contributed by atoms with E-state index in [-0.39, 0.29) is 0 Å². The van der Waals surface area contributed by atoms with Crippen molar-refractivity contribution >= 4 is 17.5 Å². The average Bonchev–Trinajstić information content (AvgIpc) is 2.97. The summed E-state index contributed by atoms with van der Waals surface area (Å²) in [6.07, 6.45) is 3.72. The standard InChI is InChI=1S/C13H20ClN2O2/c1-3-15-5-7-17-12(15)9-11(14)10-13-16(4-2)6-8-18-13/h9-10H,3-8H2,1-2H3/q+1. The van der Waals surface area contributed by atoms with Crippen molar-refractivity contribution in [3.05, 3.63) is 23.1 Å². The average molecular weight is 272 g/mol. The molecule has 0 aliphatic carbocycles. The van der Waals surface area contributed by atoms with Crippen LogP contribution < -0.4 is 0 Å². The molecular weight excluding hydrogens is 252 g/mol. The van der Waals surface area contributed by atoms with E-state index in [4.69, 9.17) is 21.1 Å². The highest BCUT2D eigenvalue weighted by molar-refractivity contribution is 6.32. The first-order chi connectivity index (χ1) is 8.74. The van der Waals surface area contributed by atoms with E-state index >= 15 is 0 Å². The van der Waals surface area contributed by atoms with Gasteiger partial charge < -0.3 is 14.4 Å². The van der Waals surface area contributed by atoms with Crippen molar-refractivity contribution in [3.63, 3.8) is 0 Å². The number of rotatable bonds is 4. The molecule has 2 aliphatic rings. The molecule has 1 fully saturated rings. The minimum atomic E-state index is 0.640. The van der Waals surface area contributed by atoms with Gasteiger partial charge in [0.1, 0.15) is 13.2 Å². The summed E-state index contributed by atoms with van der Waals surface area (Å²) in [7, 11) is 0. The fourth-order valence-electron chi connectivity index (χ4n) is 2.10. The Morgan fingerprint density at radius 2 is 2.22 bits per heavy atom. The molecule has 100 valence electrons. The predicted octanol–water partition coefficient (Wildman–Crippen LogP) is 1.76. The molecule has 2 heterocycles. The molecular formula is C13H20ClN2O2+. The van der Waals surface area contributed by atoms with Crippen LogP contribution in [0.15, 0.2) is 23.1 Å². The van der Waals surface area contributed by atoms with E-state index in [9.17, 15) is 0 Å². The molecule has 18 heavy (non-hydrogen) atoms. The molecule has 2 aliphatic heterocycles. The minimum absolute atomic E-state index is 0.640. The van der Waals surface area contributed by atoms with Crippen LogP contribution in [0.1, 0.15) is 13.8 Å². The predicted molar refractivity (Wildman–Crippen MR) is 71.8 cm³/mol. The second-order valence-corrected chi connectivity index (χ2v) is 4.64. The van der Waals surface area contributed by atoms with Crippen LogP contribution in [-0.2, 0) is 9.47 Å². The molecule has 1 saturated heterocycles. The van der Waals surface area contributed by atoms with Gasteiger partial charge in [0, 0.05) is 12.6 Å². The molecule has 0 amide bonds. The molecule has 0 N–H and O–H groups in total. The number of hydrogen-bond donors (Lipinski definition) is 0. The lowest BCUT2D eigenvalue weighted by Crippen LogP contribution is -2.17. The van der Waals surface area contributed by atoms with Crippen molar-refractivity contribution in [2.75, 3.05) is 39.4 Å². The maximum absolute atomic E-state index is 6.24. The maximum Gasteiger partial charge on any atom is 0.364 e. The Balaban J connectivity index is 2.11. The van der Waals surface area contributed by atoms with E-state index in [1.54, 1.807) is 0 Å². The Bertz CT molecular complexity index is 402. The Hall–Kier alpha value is -1.16. The third-order valence-corrected chi connectivity index (χ3v) is 3.35. The molecule has 4 nitrogen and oxygen atoms in total. The first kappa shape index (κ1) is 13.3. The van der Waals surface area contributed by atoms with E-state index in [1.807, 2.05) is 12.2 Å². The summed E-state index contributed by atoms with van der Waals surface area (Å²) in [5.41, 5.74) is 0. The fourth-order valence-corrected chi connectivity index (χ4v) is 2.28. The molecule has 0 atom stereocenters. The molecule has 0 unspecified atom stereocenters. The van der Waals surface area contributed by atoms with Crippen LogP contribution in [0.3, 0.4) is 0 Å². The number of nitrogens with zero attached hydrogens (tertiary/aromatic N) is 2. The van der Waals surface area contributed by atoms with Crippen molar-refractivity contribution in [1.82, 2.24) is 4.90 Å². The molecule has 0 spiro atoms. The van der Waals surface area contributed by atoms with Crippen LogP contribution in [0.5, 0.6) is 0 Å². The number of likely N-dealkylation sites (N-methyl/N-ethyl adjacent to an activating group) is 2. The third kappa shape index (κ3) is 2.99. The molecule has 2 rings (SSSR count). The van der Waals surface area contributed by atoms with Gasteiger partial charge in [-0.15, -0.1) is 0 Å². The van der Waals surface area contributed by atoms with Crippen molar-refractivity contribution in [2.45, 2.75) is 13.8 Å². The van der Waals surface area contributed by atoms with E-state index in [0.29, 0.717) is 5.03 Å². The van der Waals surface area contributed by atoms with Crippen LogP contribution in [0.4, 0.5) is 0 Å². The summed E-state index contributed by atoms with van der Waals surface area (Å²) < 4.78 is 13.2. The summed E-state index contributed by atoms with van der Waals surface area (Å²) in [5.74, 6) is 1.70. The summed E-state index contributed by atoms with van der Waals surface area (Å²) >= 11 is 6.24. The Morgan fingerprint density at radius 3 is 2.94 bits per heavy atom. The summed E-state index contributed by atoms with van der Waals surface area (Å²) in [5, 5.41) is 0.640. The summed E-state index contributed by atoms with van der Waals surface area (Å²) in [6, 6.07) is 0. The number of ether oxygens (including phenoxy) is 2. The maximum atomic E-state index is 6.24. The molecule has 0 radical (unpaired) electrons. The lowest BCUT2D eigenvalue weighted by molar-refractivity contribution is -0.513. The fraction of sp³-hybridized carbons (Fsp3) is 0.615. The summed E-state index contributed by atoms with van der Waals surface area (Å²) in [6.45, 7) is 9.41. The molecule has 0 aromatic carbocycles. The van der Waals surface area contributed by atoms with Gasteiger partial charge in [0.2, 0.25) is 0 Å². The van der Waals surface area contributed by atoms with Gasteiger partial charge in [0.05, 0.1) is 17.7 Å². The number of allylic oxidation sites excluding steroid dienone is 2. The van der Waals surface area contributed by atoms with Gasteiger partial charge in [0.15, 0.2) is 19.0 Å². The monoisotopic (exact) mass is 271 g/mol. The van der Waals surface area contributed by atoms with Crippen molar-refractivity contribution in [2.24, 2.45) is 0 Å². The van der Waals surface area contributed by atoms with Gasteiger partial charge in [-0.25, -0.2) is 0 Å². The largest absolute Gasteiger partial charge is 0.477 e. The SMILES string of the molecule is CCN1CCO/C1=C/C(Cl)=C/C1=[N+](CC)CCO1. The van der Waals surface area contributed by atoms with Gasteiger partial charge in [-0.2, -0.15) is 4.58 Å². The molecule has 0 aromatic heterocycles. The van der Waals surface area contributed by atoms with Crippen molar-refractivity contribution in [3.8, 4) is 0 Å². The highest BCUT2D eigenvalue weighted by Gasteiger charge is 2.21. The van der Waals surface area contributed by atoms with E-state index in [1.165, 1.54) is 0 Å². The second-order valence-electron chi connectivity index (χ2n) is 4.21. The van der Waals surface area contributed by atoms with E-state index < -0.39 is 0 Å². The molecule has 0 saturated carbocycles. The first-order valence-corrected chi connectivity index (χ1v) is 6.83. The van der Waals surface area contributed by atoms with E-state index in [2.05, 4.69) is 23.3 Å². The van der Waals surface area contributed by atoms with Gasteiger partial charge >= 0.3 is 5.90 Å². The summed E-state index contributed by atoms with van der Waals surface area (Å²) in [4.78, 5) is 2.16. The zero-order valence-corrected chi connectivity index (χ0v) is 11.7. The quantitative estimate of drug-likeness (QED) is 0.729. The molecule has 0 bridgehead atoms. The van der Waals surface area contributed by atoms with Gasteiger partial charge in [-0.1, -0.05) is 11.6 Å². The molecule has 0 aromatic rings. The van der Waals surface area contributed by atoms with Gasteiger partial charge in [0.25, 0.3) is 0 Å². The highest BCUT2D eigenvalue weighted by Crippen LogP contribution is 2.17. The van der Waals surface area contributed by atoms with Crippen LogP contribution in [0, 0.1) is 0 Å². The van der Waals surface area contributed by atoms with Crippen LogP contribution in [0.2, 0.25) is 0 Å². The number of halogens is 1. The van der Waals surface area contributed by atoms with Crippen LogP contribution in [0.25, 0.3) is 0 Å². The van der Waals surface area contributed by atoms with Crippen molar-refractivity contribution < 1.29 is 14.0 Å². The van der Waals surface area contributed by atoms with Crippen LogP contribution >= 0.6 is 11.6 Å². The zero-order valence-electron chi connectivity index (χ0n) is 11.0. The number of hydrogen-bond acceptors (Lipinski definition) is 3. The van der Waals surface area contributed by atoms with Gasteiger partial charge in [-0.05, 0) is 13.8 Å². The third-order valence-electron chi connectivity index (χ3n) is 3.13. The van der Waals surface area contributed by atoms with E-state index in [0.717, 1.165) is 51.2 Å². The second kappa shape index (κ2) is 6.14. The zero-order chi connectivity index (χ0) is 13.0. The lowest BCUT2D eigenvalue weighted by Gasteiger charge is -2.13. The first-order valence-electron chi connectivity index (χ1n) is 6.46. The highest BCUT2D eigenvalue weighted by atomic mass is 35.5. The Labute approximate surface area is 113 Å². The topological polar surface area (TPSA) is 24.7 Å². The molecule has 5 heteroatoms. The minimum Gasteiger partial charge on any atom is -0.477 e. The van der Waals surface area contributed by atoms with Gasteiger partial charge in [-0.3, -0.25) is 0 Å².